The summed E-state index contributed by atoms with van der Waals surface area (Å²) in [7, 11) is 0. The van der Waals surface area contributed by atoms with Crippen LogP contribution in [-0.4, -0.2) is 20.8 Å². The summed E-state index contributed by atoms with van der Waals surface area (Å²) in [6.07, 6.45) is 0. The van der Waals surface area contributed by atoms with Gasteiger partial charge in [0, 0.05) is 18.3 Å². The first-order chi connectivity index (χ1) is 9.38. The van der Waals surface area contributed by atoms with Crippen LogP contribution < -0.4 is 5.32 Å². The van der Waals surface area contributed by atoms with Crippen molar-refractivity contribution in [1.82, 2.24) is 20.1 Å². The summed E-state index contributed by atoms with van der Waals surface area (Å²) in [6.45, 7) is 10.9. The van der Waals surface area contributed by atoms with Crippen LogP contribution in [0.3, 0.4) is 0 Å². The Balaban J connectivity index is 2.39. The first-order valence-electron chi connectivity index (χ1n) is 6.81. The van der Waals surface area contributed by atoms with Crippen LogP contribution in [-0.2, 0) is 6.54 Å². The molecule has 5 heteroatoms. The Morgan fingerprint density at radius 2 is 1.95 bits per heavy atom. The van der Waals surface area contributed by atoms with Gasteiger partial charge in [-0.15, -0.1) is 0 Å². The van der Waals surface area contributed by atoms with Crippen molar-refractivity contribution < 1.29 is 0 Å². The van der Waals surface area contributed by atoms with Crippen LogP contribution in [0.5, 0.6) is 0 Å². The van der Waals surface area contributed by atoms with Gasteiger partial charge in [-0.3, -0.25) is 0 Å². The van der Waals surface area contributed by atoms with Crippen molar-refractivity contribution in [2.24, 2.45) is 0 Å². The summed E-state index contributed by atoms with van der Waals surface area (Å²) < 4.78 is 1.81. The zero-order chi connectivity index (χ0) is 14.9. The minimum atomic E-state index is 0.454. The third-order valence-electron chi connectivity index (χ3n) is 3.13. The molecule has 4 nitrogen and oxygen atoms in total. The summed E-state index contributed by atoms with van der Waals surface area (Å²) in [4.78, 5) is 4.56. The fraction of sp³-hybridized carbons (Fsp3) is 0.467. The van der Waals surface area contributed by atoms with Gasteiger partial charge in [0.15, 0.2) is 5.82 Å². The van der Waals surface area contributed by atoms with E-state index < -0.39 is 0 Å². The molecule has 20 heavy (non-hydrogen) atoms. The molecule has 0 unspecified atom stereocenters. The Morgan fingerprint density at radius 3 is 2.50 bits per heavy atom. The lowest BCUT2D eigenvalue weighted by molar-refractivity contribution is 0.587. The molecule has 0 aliphatic rings. The highest BCUT2D eigenvalue weighted by Crippen LogP contribution is 2.22. The van der Waals surface area contributed by atoms with Gasteiger partial charge >= 0.3 is 0 Å². The van der Waals surface area contributed by atoms with Gasteiger partial charge in [-0.2, -0.15) is 5.10 Å². The van der Waals surface area contributed by atoms with Crippen molar-refractivity contribution in [3.05, 3.63) is 39.8 Å². The second kappa shape index (κ2) is 5.94. The number of halogens is 1. The SMILES string of the molecule is Cc1cc(CNC(C)C)cc(-n2nc(C)c(Cl)c2C)n1. The highest BCUT2D eigenvalue weighted by atomic mass is 35.5. The molecular weight excluding hydrogens is 272 g/mol. The number of pyridine rings is 1. The Kier molecular flexibility index (Phi) is 4.45. The van der Waals surface area contributed by atoms with Crippen molar-refractivity contribution in [3.8, 4) is 5.82 Å². The number of aryl methyl sites for hydroxylation is 2. The first kappa shape index (κ1) is 15.0. The van der Waals surface area contributed by atoms with Crippen LogP contribution in [0, 0.1) is 20.8 Å². The molecular formula is C15H21ClN4. The van der Waals surface area contributed by atoms with Crippen LogP contribution in [0.2, 0.25) is 5.02 Å². The van der Waals surface area contributed by atoms with Crippen molar-refractivity contribution in [3.63, 3.8) is 0 Å². The molecule has 0 bridgehead atoms. The minimum Gasteiger partial charge on any atom is -0.310 e. The first-order valence-corrected chi connectivity index (χ1v) is 7.19. The molecule has 0 spiro atoms. The van der Waals surface area contributed by atoms with E-state index in [2.05, 4.69) is 41.4 Å². The lowest BCUT2D eigenvalue weighted by Gasteiger charge is -2.11. The molecule has 0 aliphatic carbocycles. The normalized spacial score (nSPS) is 11.3. The molecule has 2 aromatic heterocycles. The summed E-state index contributed by atoms with van der Waals surface area (Å²) in [6, 6.07) is 4.60. The lowest BCUT2D eigenvalue weighted by atomic mass is 10.2. The Bertz CT molecular complexity index is 617. The second-order valence-corrected chi connectivity index (χ2v) is 5.79. The third-order valence-corrected chi connectivity index (χ3v) is 3.68. The quantitative estimate of drug-likeness (QED) is 0.940. The summed E-state index contributed by atoms with van der Waals surface area (Å²) in [5.74, 6) is 0.818. The average molecular weight is 293 g/mol. The second-order valence-electron chi connectivity index (χ2n) is 5.41. The number of nitrogens with zero attached hydrogens (tertiary/aromatic N) is 3. The van der Waals surface area contributed by atoms with E-state index in [9.17, 15) is 0 Å². The average Bonchev–Trinajstić information content (AvgIpc) is 2.63. The van der Waals surface area contributed by atoms with Gasteiger partial charge in [-0.05, 0) is 38.5 Å². The Labute approximate surface area is 125 Å². The van der Waals surface area contributed by atoms with E-state index in [1.807, 2.05) is 25.5 Å². The zero-order valence-electron chi connectivity index (χ0n) is 12.7. The molecule has 0 amide bonds. The van der Waals surface area contributed by atoms with Gasteiger partial charge in [0.05, 0.1) is 16.4 Å². The summed E-state index contributed by atoms with van der Waals surface area (Å²) in [5, 5.41) is 8.58. The number of rotatable bonds is 4. The summed E-state index contributed by atoms with van der Waals surface area (Å²) >= 11 is 6.21. The Hall–Kier alpha value is -1.39. The lowest BCUT2D eigenvalue weighted by Crippen LogP contribution is -2.22. The van der Waals surface area contributed by atoms with Crippen molar-refractivity contribution >= 4 is 11.6 Å². The number of hydrogen-bond acceptors (Lipinski definition) is 3. The van der Waals surface area contributed by atoms with Gasteiger partial charge in [0.1, 0.15) is 0 Å². The molecule has 0 aromatic carbocycles. The van der Waals surface area contributed by atoms with Crippen molar-refractivity contribution in [2.75, 3.05) is 0 Å². The maximum Gasteiger partial charge on any atom is 0.154 e. The van der Waals surface area contributed by atoms with E-state index in [-0.39, 0.29) is 0 Å². The molecule has 0 saturated heterocycles. The zero-order valence-corrected chi connectivity index (χ0v) is 13.4. The Morgan fingerprint density at radius 1 is 1.25 bits per heavy atom. The fourth-order valence-corrected chi connectivity index (χ4v) is 2.22. The van der Waals surface area contributed by atoms with E-state index in [0.29, 0.717) is 11.1 Å². The van der Waals surface area contributed by atoms with Crippen molar-refractivity contribution in [1.29, 1.82) is 0 Å². The molecule has 0 atom stereocenters. The topological polar surface area (TPSA) is 42.7 Å². The summed E-state index contributed by atoms with van der Waals surface area (Å²) in [5.41, 5.74) is 3.93. The van der Waals surface area contributed by atoms with Crippen LogP contribution in [0.4, 0.5) is 0 Å². The molecule has 108 valence electrons. The molecule has 2 aromatic rings. The molecule has 0 radical (unpaired) electrons. The predicted molar refractivity (Wildman–Crippen MR) is 82.6 cm³/mol. The maximum absolute atomic E-state index is 6.21. The van der Waals surface area contributed by atoms with E-state index in [0.717, 1.165) is 29.4 Å². The minimum absolute atomic E-state index is 0.454. The van der Waals surface area contributed by atoms with Gasteiger partial charge in [-0.1, -0.05) is 25.4 Å². The molecule has 2 rings (SSSR count). The van der Waals surface area contributed by atoms with Crippen LogP contribution >= 0.6 is 11.6 Å². The number of nitrogens with one attached hydrogen (secondary N) is 1. The van der Waals surface area contributed by atoms with Crippen molar-refractivity contribution in [2.45, 2.75) is 47.2 Å². The predicted octanol–water partition coefficient (Wildman–Crippen LogP) is 3.34. The highest BCUT2D eigenvalue weighted by molar-refractivity contribution is 6.31. The van der Waals surface area contributed by atoms with E-state index in [1.54, 1.807) is 0 Å². The molecule has 0 saturated carbocycles. The molecule has 2 heterocycles. The fourth-order valence-electron chi connectivity index (χ4n) is 2.10. The van der Waals surface area contributed by atoms with E-state index in [4.69, 9.17) is 11.6 Å². The largest absolute Gasteiger partial charge is 0.310 e. The maximum atomic E-state index is 6.21. The van der Waals surface area contributed by atoms with Crippen LogP contribution in [0.15, 0.2) is 12.1 Å². The van der Waals surface area contributed by atoms with E-state index in [1.165, 1.54) is 5.56 Å². The van der Waals surface area contributed by atoms with Gasteiger partial charge in [-0.25, -0.2) is 9.67 Å². The van der Waals surface area contributed by atoms with Gasteiger partial charge in [0.25, 0.3) is 0 Å². The smallest absolute Gasteiger partial charge is 0.154 e. The van der Waals surface area contributed by atoms with E-state index >= 15 is 0 Å². The third kappa shape index (κ3) is 3.19. The van der Waals surface area contributed by atoms with Gasteiger partial charge in [0.2, 0.25) is 0 Å². The van der Waals surface area contributed by atoms with Crippen LogP contribution in [0.1, 0.15) is 36.5 Å². The monoisotopic (exact) mass is 292 g/mol. The number of hydrogen-bond donors (Lipinski definition) is 1. The van der Waals surface area contributed by atoms with Crippen LogP contribution in [0.25, 0.3) is 5.82 Å². The molecule has 0 fully saturated rings. The highest BCUT2D eigenvalue weighted by Gasteiger charge is 2.12. The number of aromatic nitrogens is 3. The van der Waals surface area contributed by atoms with Gasteiger partial charge < -0.3 is 5.32 Å². The molecule has 0 aliphatic heterocycles. The standard InChI is InChI=1S/C15H21ClN4/c1-9(2)17-8-13-6-10(3)18-14(7-13)20-12(5)15(16)11(4)19-20/h6-7,9,17H,8H2,1-5H3. The molecule has 1 N–H and O–H groups in total.